The molecule has 2 aromatic heterocycles. The van der Waals surface area contributed by atoms with Crippen LogP contribution in [-0.2, 0) is 11.2 Å². The van der Waals surface area contributed by atoms with Gasteiger partial charge in [0.15, 0.2) is 0 Å². The van der Waals surface area contributed by atoms with Gasteiger partial charge in [0.25, 0.3) is 0 Å². The van der Waals surface area contributed by atoms with E-state index >= 15 is 0 Å². The van der Waals surface area contributed by atoms with E-state index < -0.39 is 0 Å². The summed E-state index contributed by atoms with van der Waals surface area (Å²) in [5.74, 6) is 0.0283. The first-order valence-electron chi connectivity index (χ1n) is 9.17. The highest BCUT2D eigenvalue weighted by Crippen LogP contribution is 2.21. The zero-order valence-electron chi connectivity index (χ0n) is 14.5. The van der Waals surface area contributed by atoms with Gasteiger partial charge in [-0.2, -0.15) is 0 Å². The third kappa shape index (κ3) is 5.90. The lowest BCUT2D eigenvalue weighted by Gasteiger charge is -2.16. The maximum atomic E-state index is 12.1. The fourth-order valence-corrected chi connectivity index (χ4v) is 3.98. The molecule has 2 heterocycles. The number of nitrogens with one attached hydrogen (secondary N) is 2. The first-order valence-corrected chi connectivity index (χ1v) is 10.0. The third-order valence-electron chi connectivity index (χ3n) is 4.51. The van der Waals surface area contributed by atoms with Crippen LogP contribution in [0.5, 0.6) is 0 Å². The minimum atomic E-state index is 0.0283. The van der Waals surface area contributed by atoms with Crippen molar-refractivity contribution in [3.8, 4) is 10.7 Å². The zero-order valence-corrected chi connectivity index (χ0v) is 15.4. The Bertz CT molecular complexity index is 650. The molecule has 0 aliphatic heterocycles. The number of carbonyl (C=O) groups excluding carboxylic acids is 1. The number of carbonyl (C=O) groups is 1. The summed E-state index contributed by atoms with van der Waals surface area (Å²) in [5.41, 5.74) is 1.66. The summed E-state index contributed by atoms with van der Waals surface area (Å²) in [6.07, 6.45) is 9.99. The topological polar surface area (TPSA) is 66.9 Å². The van der Waals surface area contributed by atoms with Gasteiger partial charge in [0.1, 0.15) is 5.01 Å². The zero-order chi connectivity index (χ0) is 17.3. The molecule has 1 saturated carbocycles. The van der Waals surface area contributed by atoms with Crippen molar-refractivity contribution in [2.75, 3.05) is 13.1 Å². The molecule has 0 radical (unpaired) electrons. The molecule has 5 nitrogen and oxygen atoms in total. The van der Waals surface area contributed by atoms with Crippen molar-refractivity contribution in [1.82, 2.24) is 20.6 Å². The maximum absolute atomic E-state index is 12.1. The van der Waals surface area contributed by atoms with E-state index in [1.54, 1.807) is 6.20 Å². The normalized spacial score (nSPS) is 15.7. The van der Waals surface area contributed by atoms with E-state index in [-0.39, 0.29) is 5.91 Å². The van der Waals surface area contributed by atoms with Gasteiger partial charge in [-0.15, -0.1) is 11.3 Å². The van der Waals surface area contributed by atoms with Crippen molar-refractivity contribution in [1.29, 1.82) is 0 Å². The highest BCUT2D eigenvalue weighted by atomic mass is 32.1. The molecule has 1 amide bonds. The predicted molar refractivity (Wildman–Crippen MR) is 102 cm³/mol. The lowest BCUT2D eigenvalue weighted by atomic mass is 10.1. The summed E-state index contributed by atoms with van der Waals surface area (Å²) in [7, 11) is 0. The Balaban J connectivity index is 1.37. The highest BCUT2D eigenvalue weighted by molar-refractivity contribution is 7.13. The van der Waals surface area contributed by atoms with E-state index in [0.29, 0.717) is 19.0 Å². The first-order chi connectivity index (χ1) is 12.3. The van der Waals surface area contributed by atoms with Crippen molar-refractivity contribution < 1.29 is 4.79 Å². The van der Waals surface area contributed by atoms with E-state index in [1.807, 2.05) is 23.6 Å². The average molecular weight is 359 g/mol. The van der Waals surface area contributed by atoms with E-state index in [4.69, 9.17) is 0 Å². The first kappa shape index (κ1) is 18.0. The smallest absolute Gasteiger partial charge is 0.226 e. The van der Waals surface area contributed by atoms with E-state index in [9.17, 15) is 4.79 Å². The minimum absolute atomic E-state index is 0.0283. The average Bonchev–Trinajstić information content (AvgIpc) is 2.94. The predicted octanol–water partition coefficient (Wildman–Crippen LogP) is 3.18. The fraction of sp³-hybridized carbons (Fsp3) is 0.526. The molecule has 25 heavy (non-hydrogen) atoms. The van der Waals surface area contributed by atoms with Crippen molar-refractivity contribution >= 4 is 17.2 Å². The van der Waals surface area contributed by atoms with Crippen molar-refractivity contribution in [2.24, 2.45) is 0 Å². The second kappa shape index (κ2) is 9.63. The van der Waals surface area contributed by atoms with Crippen LogP contribution in [0.3, 0.4) is 0 Å². The van der Waals surface area contributed by atoms with Gasteiger partial charge in [-0.25, -0.2) is 4.98 Å². The van der Waals surface area contributed by atoms with Gasteiger partial charge >= 0.3 is 0 Å². The quantitative estimate of drug-likeness (QED) is 0.589. The Morgan fingerprint density at radius 1 is 1.16 bits per heavy atom. The SMILES string of the molecule is O=C(Cc1csc(-c2ccccn2)n1)NCCNC1CCCCCC1. The largest absolute Gasteiger partial charge is 0.354 e. The van der Waals surface area contributed by atoms with Crippen molar-refractivity contribution in [2.45, 2.75) is 51.0 Å². The standard InChI is InChI=1S/C19H26N4OS/c24-18(22-12-11-20-15-7-3-1-2-4-8-15)13-16-14-25-19(23-16)17-9-5-6-10-21-17/h5-6,9-10,14-15,20H,1-4,7-8,11-13H2,(H,22,24). The molecule has 2 aromatic rings. The monoisotopic (exact) mass is 358 g/mol. The Kier molecular flexibility index (Phi) is 6.94. The van der Waals surface area contributed by atoms with Crippen LogP contribution in [-0.4, -0.2) is 35.0 Å². The molecule has 1 fully saturated rings. The summed E-state index contributed by atoms with van der Waals surface area (Å²) < 4.78 is 0. The number of thiazole rings is 1. The number of hydrogen-bond acceptors (Lipinski definition) is 5. The molecule has 1 aliphatic carbocycles. The third-order valence-corrected chi connectivity index (χ3v) is 5.43. The van der Waals surface area contributed by atoms with E-state index in [0.717, 1.165) is 22.9 Å². The lowest BCUT2D eigenvalue weighted by Crippen LogP contribution is -2.37. The molecule has 0 spiro atoms. The van der Waals surface area contributed by atoms with Gasteiger partial charge in [-0.1, -0.05) is 31.7 Å². The molecule has 0 saturated heterocycles. The molecule has 1 aliphatic rings. The van der Waals surface area contributed by atoms with Crippen LogP contribution in [0.2, 0.25) is 0 Å². The second-order valence-corrected chi connectivity index (χ2v) is 7.39. The number of pyridine rings is 1. The Hall–Kier alpha value is -1.79. The summed E-state index contributed by atoms with van der Waals surface area (Å²) in [6, 6.07) is 6.38. The van der Waals surface area contributed by atoms with Crippen LogP contribution in [0, 0.1) is 0 Å². The van der Waals surface area contributed by atoms with Gasteiger partial charge in [0.05, 0.1) is 17.8 Å². The molecule has 0 aromatic carbocycles. The molecule has 134 valence electrons. The molecule has 2 N–H and O–H groups in total. The van der Waals surface area contributed by atoms with Gasteiger partial charge in [0.2, 0.25) is 5.91 Å². The van der Waals surface area contributed by atoms with Crippen LogP contribution in [0.1, 0.15) is 44.2 Å². The number of hydrogen-bond donors (Lipinski definition) is 2. The molecule has 0 atom stereocenters. The van der Waals surface area contributed by atoms with Crippen LogP contribution in [0.15, 0.2) is 29.8 Å². The number of aromatic nitrogens is 2. The van der Waals surface area contributed by atoms with Crippen LogP contribution in [0.4, 0.5) is 0 Å². The molecule has 0 bridgehead atoms. The number of nitrogens with zero attached hydrogens (tertiary/aromatic N) is 2. The van der Waals surface area contributed by atoms with Crippen LogP contribution >= 0.6 is 11.3 Å². The van der Waals surface area contributed by atoms with E-state index in [1.165, 1.54) is 49.9 Å². The number of rotatable bonds is 7. The number of amides is 1. The Morgan fingerprint density at radius 3 is 2.76 bits per heavy atom. The van der Waals surface area contributed by atoms with Crippen LogP contribution in [0.25, 0.3) is 10.7 Å². The van der Waals surface area contributed by atoms with Gasteiger partial charge < -0.3 is 10.6 Å². The molecule has 6 heteroatoms. The van der Waals surface area contributed by atoms with Gasteiger partial charge in [-0.05, 0) is 25.0 Å². The fourth-order valence-electron chi connectivity index (χ4n) is 3.18. The van der Waals surface area contributed by atoms with Crippen molar-refractivity contribution in [3.05, 3.63) is 35.5 Å². The Labute approximate surface area is 153 Å². The van der Waals surface area contributed by atoms with E-state index in [2.05, 4.69) is 20.6 Å². The minimum Gasteiger partial charge on any atom is -0.354 e. The summed E-state index contributed by atoms with van der Waals surface area (Å²) >= 11 is 1.53. The summed E-state index contributed by atoms with van der Waals surface area (Å²) in [5, 5.41) is 9.35. The van der Waals surface area contributed by atoms with Gasteiger partial charge in [-0.3, -0.25) is 9.78 Å². The maximum Gasteiger partial charge on any atom is 0.226 e. The van der Waals surface area contributed by atoms with Crippen molar-refractivity contribution in [3.63, 3.8) is 0 Å². The molecule has 3 rings (SSSR count). The summed E-state index contributed by atoms with van der Waals surface area (Å²) in [4.78, 5) is 20.9. The lowest BCUT2D eigenvalue weighted by molar-refractivity contribution is -0.120. The van der Waals surface area contributed by atoms with Gasteiger partial charge in [0, 0.05) is 30.7 Å². The second-order valence-electron chi connectivity index (χ2n) is 6.53. The summed E-state index contributed by atoms with van der Waals surface area (Å²) in [6.45, 7) is 1.51. The molecular formula is C19H26N4OS. The molecule has 0 unspecified atom stereocenters. The highest BCUT2D eigenvalue weighted by Gasteiger charge is 2.12. The van der Waals surface area contributed by atoms with Crippen LogP contribution < -0.4 is 10.6 Å². The molecular weight excluding hydrogens is 332 g/mol. The Morgan fingerprint density at radius 2 is 2.00 bits per heavy atom.